The predicted molar refractivity (Wildman–Crippen MR) is 62.4 cm³/mol. The first-order chi connectivity index (χ1) is 8.37. The Kier molecular flexibility index (Phi) is 3.37. The number of ether oxygens (including phenoxy) is 1. The average Bonchev–Trinajstić information content (AvgIpc) is 2.52. The number of aliphatic hydroxyl groups excluding tert-OH is 1. The second kappa shape index (κ2) is 4.54. The summed E-state index contributed by atoms with van der Waals surface area (Å²) in [5, 5.41) is 19.0. The van der Waals surface area contributed by atoms with Crippen LogP contribution in [0, 0.1) is 4.64 Å². The molecule has 1 aromatic rings. The Morgan fingerprint density at radius 2 is 2.39 bits per heavy atom. The minimum atomic E-state index is -1.91. The van der Waals surface area contributed by atoms with Gasteiger partial charge in [-0.1, -0.05) is 12.2 Å². The largest absolute Gasteiger partial charge is 0.394 e. The number of alkyl halides is 1. The molecular formula is C10H13FN2O4S. The molecule has 6 nitrogen and oxygen atoms in total. The Hall–Kier alpha value is -1.09. The molecule has 1 fully saturated rings. The van der Waals surface area contributed by atoms with Gasteiger partial charge in [-0.3, -0.25) is 9.55 Å². The zero-order valence-corrected chi connectivity index (χ0v) is 10.4. The zero-order chi connectivity index (χ0) is 13.5. The third-order valence-corrected chi connectivity index (χ3v) is 3.21. The van der Waals surface area contributed by atoms with E-state index in [0.717, 1.165) is 4.57 Å². The van der Waals surface area contributed by atoms with Gasteiger partial charge in [-0.15, -0.1) is 0 Å². The predicted octanol–water partition coefficient (Wildman–Crippen LogP) is -0.115. The Bertz CT molecular complexity index is 555. The van der Waals surface area contributed by atoms with Gasteiger partial charge in [-0.2, -0.15) is 0 Å². The van der Waals surface area contributed by atoms with Gasteiger partial charge in [-0.25, -0.2) is 9.18 Å². The summed E-state index contributed by atoms with van der Waals surface area (Å²) < 4.78 is 20.2. The fourth-order valence-electron chi connectivity index (χ4n) is 1.98. The van der Waals surface area contributed by atoms with Crippen LogP contribution in [0.15, 0.2) is 17.1 Å². The summed E-state index contributed by atoms with van der Waals surface area (Å²) in [5.41, 5.74) is -2.52. The molecule has 1 aromatic heterocycles. The van der Waals surface area contributed by atoms with E-state index in [1.165, 1.54) is 19.2 Å². The summed E-state index contributed by atoms with van der Waals surface area (Å²) in [6.07, 6.45) is -2.86. The topological polar surface area (TPSA) is 87.5 Å². The van der Waals surface area contributed by atoms with Gasteiger partial charge in [-0.05, 0) is 13.0 Å². The molecule has 0 spiro atoms. The minimum Gasteiger partial charge on any atom is -0.394 e. The molecule has 4 atom stereocenters. The summed E-state index contributed by atoms with van der Waals surface area (Å²) >= 11 is 4.77. The van der Waals surface area contributed by atoms with Gasteiger partial charge < -0.3 is 14.9 Å². The van der Waals surface area contributed by atoms with Crippen molar-refractivity contribution in [2.24, 2.45) is 0 Å². The maximum atomic E-state index is 13.8. The fourth-order valence-corrected chi connectivity index (χ4v) is 2.13. The lowest BCUT2D eigenvalue weighted by atomic mass is 9.98. The maximum absolute atomic E-state index is 13.8. The van der Waals surface area contributed by atoms with Crippen LogP contribution in [0.4, 0.5) is 4.39 Å². The molecule has 0 radical (unpaired) electrons. The van der Waals surface area contributed by atoms with E-state index in [1.807, 2.05) is 0 Å². The number of hydrogen-bond acceptors (Lipinski definition) is 5. The molecule has 100 valence electrons. The highest BCUT2D eigenvalue weighted by atomic mass is 32.1. The van der Waals surface area contributed by atoms with E-state index < -0.39 is 36.4 Å². The molecule has 2 rings (SSSR count). The van der Waals surface area contributed by atoms with Gasteiger partial charge in [0.1, 0.15) is 16.3 Å². The SMILES string of the molecule is C[C@@]1(O)C(F)[C@@H](CO)O[C@H]1n1ccc(=S)[nH]c1=O. The van der Waals surface area contributed by atoms with Crippen molar-refractivity contribution in [3.05, 3.63) is 27.4 Å². The molecule has 1 aliphatic heterocycles. The van der Waals surface area contributed by atoms with Crippen LogP contribution in [-0.2, 0) is 4.74 Å². The van der Waals surface area contributed by atoms with E-state index in [4.69, 9.17) is 22.1 Å². The Morgan fingerprint density at radius 1 is 1.72 bits per heavy atom. The molecule has 0 aliphatic carbocycles. The highest BCUT2D eigenvalue weighted by Crippen LogP contribution is 2.39. The van der Waals surface area contributed by atoms with Gasteiger partial charge in [0.25, 0.3) is 0 Å². The summed E-state index contributed by atoms with van der Waals surface area (Å²) in [6.45, 7) is 0.636. The van der Waals surface area contributed by atoms with Crippen molar-refractivity contribution in [3.63, 3.8) is 0 Å². The molecular weight excluding hydrogens is 263 g/mol. The molecule has 0 saturated carbocycles. The van der Waals surface area contributed by atoms with E-state index in [-0.39, 0.29) is 4.64 Å². The molecule has 18 heavy (non-hydrogen) atoms. The number of rotatable bonds is 2. The standard InChI is InChI=1S/C10H13FN2O4S/c1-10(16)7(11)5(4-14)17-8(10)13-3-2-6(18)12-9(13)15/h2-3,5,7-8,14,16H,4H2,1H3,(H,12,15,18)/t5-,7?,8-,10-/m1/s1. The highest BCUT2D eigenvalue weighted by Gasteiger charge is 2.54. The first-order valence-electron chi connectivity index (χ1n) is 5.32. The van der Waals surface area contributed by atoms with Gasteiger partial charge >= 0.3 is 5.69 Å². The molecule has 0 bridgehead atoms. The maximum Gasteiger partial charge on any atom is 0.328 e. The normalized spacial score (nSPS) is 35.9. The van der Waals surface area contributed by atoms with Crippen molar-refractivity contribution in [2.45, 2.75) is 31.0 Å². The molecule has 0 aromatic carbocycles. The third-order valence-electron chi connectivity index (χ3n) is 2.97. The van der Waals surface area contributed by atoms with Crippen LogP contribution in [0.25, 0.3) is 0 Å². The zero-order valence-electron chi connectivity index (χ0n) is 9.54. The number of H-pyrrole nitrogens is 1. The first-order valence-corrected chi connectivity index (χ1v) is 5.73. The van der Waals surface area contributed by atoms with E-state index in [0.29, 0.717) is 0 Å². The van der Waals surface area contributed by atoms with Gasteiger partial charge in [0, 0.05) is 6.20 Å². The summed E-state index contributed by atoms with van der Waals surface area (Å²) in [6, 6.07) is 1.43. The number of aromatic amines is 1. The van der Waals surface area contributed by atoms with Crippen molar-refractivity contribution < 1.29 is 19.3 Å². The summed E-state index contributed by atoms with van der Waals surface area (Å²) in [4.78, 5) is 14.0. The van der Waals surface area contributed by atoms with Gasteiger partial charge in [0.2, 0.25) is 0 Å². The van der Waals surface area contributed by atoms with E-state index >= 15 is 0 Å². The number of aromatic nitrogens is 2. The van der Waals surface area contributed by atoms with Crippen molar-refractivity contribution in [1.82, 2.24) is 9.55 Å². The number of nitrogens with zero attached hydrogens (tertiary/aromatic N) is 1. The van der Waals surface area contributed by atoms with Crippen LogP contribution in [0.1, 0.15) is 13.2 Å². The lowest BCUT2D eigenvalue weighted by molar-refractivity contribution is -0.0932. The Balaban J connectivity index is 2.45. The smallest absolute Gasteiger partial charge is 0.328 e. The molecule has 2 heterocycles. The van der Waals surface area contributed by atoms with Gasteiger partial charge in [0.15, 0.2) is 12.4 Å². The summed E-state index contributed by atoms with van der Waals surface area (Å²) in [7, 11) is 0. The number of nitrogens with one attached hydrogen (secondary N) is 1. The molecule has 1 aliphatic rings. The van der Waals surface area contributed by atoms with Crippen LogP contribution in [0.3, 0.4) is 0 Å². The lowest BCUT2D eigenvalue weighted by Gasteiger charge is -2.26. The number of aliphatic hydroxyl groups is 2. The molecule has 8 heteroatoms. The van der Waals surface area contributed by atoms with Crippen LogP contribution in [0.2, 0.25) is 0 Å². The summed E-state index contributed by atoms with van der Waals surface area (Å²) in [5.74, 6) is 0. The fraction of sp³-hybridized carbons (Fsp3) is 0.600. The molecule has 1 saturated heterocycles. The minimum absolute atomic E-state index is 0.226. The molecule has 3 N–H and O–H groups in total. The first kappa shape index (κ1) is 13.3. The molecule has 0 amide bonds. The van der Waals surface area contributed by atoms with E-state index in [2.05, 4.69) is 4.98 Å². The number of halogens is 1. The monoisotopic (exact) mass is 276 g/mol. The van der Waals surface area contributed by atoms with Crippen LogP contribution in [0.5, 0.6) is 0 Å². The average molecular weight is 276 g/mol. The second-order valence-corrected chi connectivity index (χ2v) is 4.79. The van der Waals surface area contributed by atoms with Gasteiger partial charge in [0.05, 0.1) is 6.61 Å². The van der Waals surface area contributed by atoms with Crippen molar-refractivity contribution >= 4 is 12.2 Å². The van der Waals surface area contributed by atoms with Crippen molar-refractivity contribution in [2.75, 3.05) is 6.61 Å². The highest BCUT2D eigenvalue weighted by molar-refractivity contribution is 7.71. The Labute approximate surface area is 107 Å². The van der Waals surface area contributed by atoms with E-state index in [1.54, 1.807) is 0 Å². The van der Waals surface area contributed by atoms with Crippen molar-refractivity contribution in [3.8, 4) is 0 Å². The van der Waals surface area contributed by atoms with Crippen LogP contribution in [-0.4, -0.2) is 44.2 Å². The number of hydrogen-bond donors (Lipinski definition) is 3. The van der Waals surface area contributed by atoms with Crippen molar-refractivity contribution in [1.29, 1.82) is 0 Å². The lowest BCUT2D eigenvalue weighted by Crippen LogP contribution is -2.44. The van der Waals surface area contributed by atoms with Crippen LogP contribution < -0.4 is 5.69 Å². The molecule has 1 unspecified atom stereocenters. The van der Waals surface area contributed by atoms with Crippen LogP contribution >= 0.6 is 12.2 Å². The second-order valence-electron chi connectivity index (χ2n) is 4.35. The Morgan fingerprint density at radius 3 is 2.89 bits per heavy atom. The third kappa shape index (κ3) is 2.01. The quantitative estimate of drug-likeness (QED) is 0.656. The van der Waals surface area contributed by atoms with E-state index in [9.17, 15) is 14.3 Å².